The molecule has 0 bridgehead atoms. The van der Waals surface area contributed by atoms with Gasteiger partial charge in [0.05, 0.1) is 16.7 Å². The Morgan fingerprint density at radius 2 is 1.81 bits per heavy atom. The van der Waals surface area contributed by atoms with E-state index in [0.717, 1.165) is 17.8 Å². The van der Waals surface area contributed by atoms with Gasteiger partial charge in [-0.2, -0.15) is 0 Å². The van der Waals surface area contributed by atoms with Crippen molar-refractivity contribution in [1.82, 2.24) is 9.55 Å². The third kappa shape index (κ3) is 2.46. The highest BCUT2D eigenvalue weighted by Crippen LogP contribution is 2.25. The zero-order valence-corrected chi connectivity index (χ0v) is 13.3. The van der Waals surface area contributed by atoms with E-state index in [-0.39, 0.29) is 0 Å². The maximum Gasteiger partial charge on any atom is 0.111 e. The third-order valence-electron chi connectivity index (χ3n) is 4.03. The van der Waals surface area contributed by atoms with E-state index in [2.05, 4.69) is 68.7 Å². The average Bonchev–Trinajstić information content (AvgIpc) is 2.77. The molecule has 2 nitrogen and oxygen atoms in total. The molecule has 0 amide bonds. The van der Waals surface area contributed by atoms with E-state index in [0.29, 0.717) is 0 Å². The molecule has 0 spiro atoms. The lowest BCUT2D eigenvalue weighted by Crippen LogP contribution is -2.00. The summed E-state index contributed by atoms with van der Waals surface area (Å²) < 4.78 is 2.27. The largest absolute Gasteiger partial charge is 0.296 e. The van der Waals surface area contributed by atoms with E-state index in [1.54, 1.807) is 0 Å². The Morgan fingerprint density at radius 1 is 1.00 bits per heavy atom. The van der Waals surface area contributed by atoms with Gasteiger partial charge in [-0.15, -0.1) is 0 Å². The normalized spacial score (nSPS) is 11.2. The fraction of sp³-hybridized carbons (Fsp3) is 0.316. The number of benzene rings is 2. The topological polar surface area (TPSA) is 17.8 Å². The minimum atomic E-state index is 1.05. The van der Waals surface area contributed by atoms with Gasteiger partial charge in [0.2, 0.25) is 0 Å². The van der Waals surface area contributed by atoms with Gasteiger partial charge in [0.15, 0.2) is 0 Å². The molecule has 1 aromatic heterocycles. The van der Waals surface area contributed by atoms with Gasteiger partial charge in [-0.1, -0.05) is 31.5 Å². The van der Waals surface area contributed by atoms with Gasteiger partial charge in [-0.25, -0.2) is 4.98 Å². The Hall–Kier alpha value is -2.09. The van der Waals surface area contributed by atoms with Crippen LogP contribution in [0.3, 0.4) is 0 Å². The first-order valence-corrected chi connectivity index (χ1v) is 7.65. The highest BCUT2D eigenvalue weighted by atomic mass is 15.1. The molecule has 3 rings (SSSR count). The van der Waals surface area contributed by atoms with Crippen molar-refractivity contribution < 1.29 is 0 Å². The molecule has 1 heterocycles. The summed E-state index contributed by atoms with van der Waals surface area (Å²) in [6.07, 6.45) is 2.29. The van der Waals surface area contributed by atoms with Crippen LogP contribution in [0.1, 0.15) is 35.9 Å². The fourth-order valence-corrected chi connectivity index (χ4v) is 2.95. The molecule has 0 saturated carbocycles. The molecule has 0 atom stereocenters. The second-order valence-corrected chi connectivity index (χ2v) is 5.86. The molecule has 2 heteroatoms. The Labute approximate surface area is 126 Å². The summed E-state index contributed by atoms with van der Waals surface area (Å²) in [6.45, 7) is 8.59. The summed E-state index contributed by atoms with van der Waals surface area (Å²) in [5.74, 6) is 1.05. The van der Waals surface area contributed by atoms with Crippen molar-refractivity contribution >= 4 is 11.0 Å². The van der Waals surface area contributed by atoms with Crippen molar-refractivity contribution in [2.75, 3.05) is 0 Å². The van der Waals surface area contributed by atoms with Gasteiger partial charge in [-0.05, 0) is 62.1 Å². The molecule has 0 aliphatic carbocycles. The molecule has 0 saturated heterocycles. The summed E-state index contributed by atoms with van der Waals surface area (Å²) in [4.78, 5) is 4.77. The maximum absolute atomic E-state index is 4.77. The molecular weight excluding hydrogens is 256 g/mol. The van der Waals surface area contributed by atoms with Crippen molar-refractivity contribution in [2.45, 2.75) is 40.5 Å². The molecule has 0 fully saturated rings. The molecule has 0 aliphatic rings. The quantitative estimate of drug-likeness (QED) is 0.666. The predicted octanol–water partition coefficient (Wildman–Crippen LogP) is 4.90. The SMILES string of the molecule is CCCc1ccc2c(c1)nc(C)n2-c1cc(C)ccc1C. The van der Waals surface area contributed by atoms with Crippen molar-refractivity contribution in [2.24, 2.45) is 0 Å². The van der Waals surface area contributed by atoms with Crippen LogP contribution >= 0.6 is 0 Å². The van der Waals surface area contributed by atoms with E-state index in [9.17, 15) is 0 Å². The Balaban J connectivity index is 2.23. The lowest BCUT2D eigenvalue weighted by Gasteiger charge is -2.11. The summed E-state index contributed by atoms with van der Waals surface area (Å²) in [6, 6.07) is 13.3. The van der Waals surface area contributed by atoms with E-state index in [1.807, 2.05) is 0 Å². The molecule has 0 N–H and O–H groups in total. The van der Waals surface area contributed by atoms with Gasteiger partial charge in [0.25, 0.3) is 0 Å². The summed E-state index contributed by atoms with van der Waals surface area (Å²) in [7, 11) is 0. The van der Waals surface area contributed by atoms with E-state index in [4.69, 9.17) is 4.98 Å². The van der Waals surface area contributed by atoms with Crippen molar-refractivity contribution in [3.63, 3.8) is 0 Å². The summed E-state index contributed by atoms with van der Waals surface area (Å²) in [5, 5.41) is 0. The van der Waals surface area contributed by atoms with Crippen LogP contribution in [0, 0.1) is 20.8 Å². The minimum Gasteiger partial charge on any atom is -0.296 e. The fourth-order valence-electron chi connectivity index (χ4n) is 2.95. The number of hydrogen-bond donors (Lipinski definition) is 0. The zero-order chi connectivity index (χ0) is 15.0. The second-order valence-electron chi connectivity index (χ2n) is 5.86. The minimum absolute atomic E-state index is 1.05. The van der Waals surface area contributed by atoms with Crippen LogP contribution < -0.4 is 0 Å². The predicted molar refractivity (Wildman–Crippen MR) is 89.3 cm³/mol. The van der Waals surface area contributed by atoms with E-state index >= 15 is 0 Å². The lowest BCUT2D eigenvalue weighted by molar-refractivity contribution is 0.923. The van der Waals surface area contributed by atoms with Crippen LogP contribution in [0.15, 0.2) is 36.4 Å². The first kappa shape index (κ1) is 13.9. The van der Waals surface area contributed by atoms with Gasteiger partial charge in [0.1, 0.15) is 5.82 Å². The number of hydrogen-bond acceptors (Lipinski definition) is 1. The number of imidazole rings is 1. The number of aromatic nitrogens is 2. The van der Waals surface area contributed by atoms with Crippen molar-refractivity contribution in [1.29, 1.82) is 0 Å². The lowest BCUT2D eigenvalue weighted by atomic mass is 10.1. The number of fused-ring (bicyclic) bond motifs is 1. The van der Waals surface area contributed by atoms with Crippen LogP contribution in [0.25, 0.3) is 16.7 Å². The van der Waals surface area contributed by atoms with E-state index in [1.165, 1.54) is 34.3 Å². The van der Waals surface area contributed by atoms with Gasteiger partial charge >= 0.3 is 0 Å². The maximum atomic E-state index is 4.77. The van der Waals surface area contributed by atoms with Gasteiger partial charge < -0.3 is 0 Å². The smallest absolute Gasteiger partial charge is 0.111 e. The first-order chi connectivity index (χ1) is 10.1. The molecular formula is C19H22N2. The molecule has 0 radical (unpaired) electrons. The number of rotatable bonds is 3. The molecule has 2 aromatic carbocycles. The average molecular weight is 278 g/mol. The molecule has 0 aliphatic heterocycles. The Bertz CT molecular complexity index is 797. The van der Waals surface area contributed by atoms with Crippen LogP contribution in [0.5, 0.6) is 0 Å². The molecule has 0 unspecified atom stereocenters. The van der Waals surface area contributed by atoms with Crippen molar-refractivity contribution in [3.8, 4) is 5.69 Å². The highest BCUT2D eigenvalue weighted by molar-refractivity contribution is 5.79. The summed E-state index contributed by atoms with van der Waals surface area (Å²) >= 11 is 0. The summed E-state index contributed by atoms with van der Waals surface area (Å²) in [5.41, 5.74) is 7.45. The number of aryl methyl sites for hydroxylation is 4. The van der Waals surface area contributed by atoms with Crippen molar-refractivity contribution in [3.05, 3.63) is 58.9 Å². The van der Waals surface area contributed by atoms with Crippen LogP contribution in [-0.2, 0) is 6.42 Å². The van der Waals surface area contributed by atoms with Crippen LogP contribution in [-0.4, -0.2) is 9.55 Å². The molecule has 21 heavy (non-hydrogen) atoms. The monoisotopic (exact) mass is 278 g/mol. The van der Waals surface area contributed by atoms with Gasteiger partial charge in [-0.3, -0.25) is 4.57 Å². The Kier molecular flexibility index (Phi) is 3.54. The third-order valence-corrected chi connectivity index (χ3v) is 4.03. The standard InChI is InChI=1S/C19H22N2/c1-5-6-16-9-10-18-17(12-16)20-15(4)21(18)19-11-13(2)7-8-14(19)3/h7-12H,5-6H2,1-4H3. The number of nitrogens with zero attached hydrogens (tertiary/aromatic N) is 2. The second kappa shape index (κ2) is 5.36. The van der Waals surface area contributed by atoms with Crippen LogP contribution in [0.4, 0.5) is 0 Å². The Morgan fingerprint density at radius 3 is 2.57 bits per heavy atom. The molecule has 3 aromatic rings. The van der Waals surface area contributed by atoms with E-state index < -0.39 is 0 Å². The highest BCUT2D eigenvalue weighted by Gasteiger charge is 2.11. The van der Waals surface area contributed by atoms with Gasteiger partial charge in [0, 0.05) is 0 Å². The molecule has 108 valence electrons. The van der Waals surface area contributed by atoms with Crippen LogP contribution in [0.2, 0.25) is 0 Å². The zero-order valence-electron chi connectivity index (χ0n) is 13.3. The first-order valence-electron chi connectivity index (χ1n) is 7.65.